The molecule has 3 unspecified atom stereocenters. The van der Waals surface area contributed by atoms with Gasteiger partial charge >= 0.3 is 11.9 Å². The first-order valence-electron chi connectivity index (χ1n) is 21.1. The average molecular weight is 801 g/mol. The first kappa shape index (κ1) is 49.5. The molecule has 0 bridgehead atoms. The van der Waals surface area contributed by atoms with Crippen LogP contribution < -0.4 is 0 Å². The maximum absolute atomic E-state index is 11.8. The summed E-state index contributed by atoms with van der Waals surface area (Å²) in [5.41, 5.74) is 0.574. The Bertz CT molecular complexity index is 1330. The zero-order valence-corrected chi connectivity index (χ0v) is 36.2. The summed E-state index contributed by atoms with van der Waals surface area (Å²) in [5, 5.41) is 9.27. The molecule has 2 aliphatic rings. The molecule has 2 aromatic carbocycles. The highest BCUT2D eigenvalue weighted by atomic mass is 31.0. The van der Waals surface area contributed by atoms with Gasteiger partial charge in [0.15, 0.2) is 11.2 Å². The summed E-state index contributed by atoms with van der Waals surface area (Å²) < 4.78 is 26.6. The number of aliphatic hydroxyl groups is 1. The molecule has 2 fully saturated rings. The summed E-state index contributed by atoms with van der Waals surface area (Å²) in [4.78, 5) is 34.1. The molecule has 10 heteroatoms. The van der Waals surface area contributed by atoms with Gasteiger partial charge in [-0.15, -0.1) is 0 Å². The molecule has 0 amide bonds. The lowest BCUT2D eigenvalue weighted by Crippen LogP contribution is -2.38. The van der Waals surface area contributed by atoms with Crippen molar-refractivity contribution in [3.8, 4) is 0 Å². The topological polar surface area (TPSA) is 118 Å². The van der Waals surface area contributed by atoms with Gasteiger partial charge < -0.3 is 28.6 Å². The van der Waals surface area contributed by atoms with E-state index >= 15 is 0 Å². The second-order valence-electron chi connectivity index (χ2n) is 16.4. The Balaban J connectivity index is 0.000000291. The van der Waals surface area contributed by atoms with Gasteiger partial charge in [0, 0.05) is 47.0 Å². The molecular formula is C46H73O9P. The minimum atomic E-state index is -0.828. The predicted octanol–water partition coefficient (Wildman–Crippen LogP) is 10.4. The van der Waals surface area contributed by atoms with Crippen LogP contribution in [0.2, 0.25) is 0 Å². The van der Waals surface area contributed by atoms with Crippen LogP contribution in [0.4, 0.5) is 0 Å². The SMILES string of the molecule is CCCCCCCCCCCCCCCC(=O)C(C)(C)C.O=C1CCC(CO)(COCc2ccccc2)O1.O=C1CCC(COP)(COCc2ccccc2)O1. The first-order chi connectivity index (χ1) is 27.0. The van der Waals surface area contributed by atoms with Crippen molar-refractivity contribution in [1.29, 1.82) is 0 Å². The molecule has 0 aliphatic carbocycles. The molecule has 2 aliphatic heterocycles. The number of Topliss-reactive ketones (excluding diaryl/α,β-unsaturated/α-hetero) is 1. The maximum atomic E-state index is 11.8. The number of carbonyl (C=O) groups is 3. The van der Waals surface area contributed by atoms with E-state index < -0.39 is 11.2 Å². The summed E-state index contributed by atoms with van der Waals surface area (Å²) in [6, 6.07) is 19.7. The van der Waals surface area contributed by atoms with Crippen LogP contribution in [0.3, 0.4) is 0 Å². The quantitative estimate of drug-likeness (QED) is 0.0595. The molecular weight excluding hydrogens is 727 g/mol. The molecule has 1 N–H and O–H groups in total. The largest absolute Gasteiger partial charge is 0.454 e. The van der Waals surface area contributed by atoms with Gasteiger partial charge in [-0.25, -0.2) is 0 Å². The zero-order valence-electron chi connectivity index (χ0n) is 35.0. The monoisotopic (exact) mass is 800 g/mol. The third-order valence-electron chi connectivity index (χ3n) is 10.2. The fourth-order valence-corrected chi connectivity index (χ4v) is 6.84. The number of aliphatic hydroxyl groups excluding tert-OH is 1. The van der Waals surface area contributed by atoms with Crippen molar-refractivity contribution in [1.82, 2.24) is 0 Å². The van der Waals surface area contributed by atoms with Crippen LogP contribution in [0.5, 0.6) is 0 Å². The molecule has 316 valence electrons. The fraction of sp³-hybridized carbons (Fsp3) is 0.674. The van der Waals surface area contributed by atoms with E-state index in [0.717, 1.165) is 24.0 Å². The van der Waals surface area contributed by atoms with E-state index in [9.17, 15) is 19.5 Å². The molecule has 4 rings (SSSR count). The van der Waals surface area contributed by atoms with E-state index in [0.29, 0.717) is 57.9 Å². The minimum absolute atomic E-state index is 0.142. The smallest absolute Gasteiger partial charge is 0.306 e. The van der Waals surface area contributed by atoms with Crippen molar-refractivity contribution < 1.29 is 43.0 Å². The lowest BCUT2D eigenvalue weighted by atomic mass is 9.88. The number of unbranched alkanes of at least 4 members (excludes halogenated alkanes) is 12. The molecule has 2 saturated heterocycles. The van der Waals surface area contributed by atoms with E-state index in [1.807, 2.05) is 81.4 Å². The van der Waals surface area contributed by atoms with Gasteiger partial charge in [0.1, 0.15) is 5.78 Å². The Hall–Kier alpha value is -2.68. The van der Waals surface area contributed by atoms with Crippen molar-refractivity contribution in [2.75, 3.05) is 26.4 Å². The van der Waals surface area contributed by atoms with E-state index in [2.05, 4.69) is 16.4 Å². The van der Waals surface area contributed by atoms with Crippen molar-refractivity contribution in [2.45, 2.75) is 168 Å². The summed E-state index contributed by atoms with van der Waals surface area (Å²) in [6.07, 6.45) is 20.5. The first-order valence-corrected chi connectivity index (χ1v) is 21.6. The summed E-state index contributed by atoms with van der Waals surface area (Å²) in [5.74, 6) is -0.0201. The van der Waals surface area contributed by atoms with Crippen molar-refractivity contribution >= 4 is 27.2 Å². The third-order valence-corrected chi connectivity index (χ3v) is 10.3. The Labute approximate surface area is 340 Å². The van der Waals surface area contributed by atoms with Crippen LogP contribution in [0.1, 0.15) is 154 Å². The Kier molecular flexibility index (Phi) is 25.3. The van der Waals surface area contributed by atoms with E-state index in [-0.39, 0.29) is 30.6 Å². The van der Waals surface area contributed by atoms with Crippen molar-refractivity contribution in [3.05, 3.63) is 71.8 Å². The van der Waals surface area contributed by atoms with Gasteiger partial charge in [0.05, 0.1) is 39.6 Å². The highest BCUT2D eigenvalue weighted by molar-refractivity contribution is 7.09. The van der Waals surface area contributed by atoms with Gasteiger partial charge in [-0.1, -0.05) is 165 Å². The van der Waals surface area contributed by atoms with Crippen LogP contribution in [0, 0.1) is 5.41 Å². The lowest BCUT2D eigenvalue weighted by Gasteiger charge is -2.26. The summed E-state index contributed by atoms with van der Waals surface area (Å²) >= 11 is 0. The van der Waals surface area contributed by atoms with Crippen LogP contribution >= 0.6 is 9.47 Å². The van der Waals surface area contributed by atoms with Crippen molar-refractivity contribution in [3.63, 3.8) is 0 Å². The molecule has 2 heterocycles. The number of hydrogen-bond acceptors (Lipinski definition) is 9. The van der Waals surface area contributed by atoms with E-state index in [1.165, 1.54) is 77.0 Å². The summed E-state index contributed by atoms with van der Waals surface area (Å²) in [6.45, 7) is 10.1. The van der Waals surface area contributed by atoms with E-state index in [4.69, 9.17) is 23.5 Å². The van der Waals surface area contributed by atoms with Gasteiger partial charge in [0.2, 0.25) is 0 Å². The minimum Gasteiger partial charge on any atom is -0.454 e. The van der Waals surface area contributed by atoms with Gasteiger partial charge in [0.25, 0.3) is 0 Å². The Morgan fingerprint density at radius 3 is 1.45 bits per heavy atom. The second-order valence-corrected chi connectivity index (χ2v) is 16.7. The molecule has 0 radical (unpaired) electrons. The number of esters is 2. The fourth-order valence-electron chi connectivity index (χ4n) is 6.54. The van der Waals surface area contributed by atoms with E-state index in [1.54, 1.807) is 0 Å². The number of cyclic esters (lactones) is 2. The number of hydrogen-bond donors (Lipinski definition) is 1. The predicted molar refractivity (Wildman–Crippen MR) is 226 cm³/mol. The normalized spacial score (nSPS) is 19.0. The summed E-state index contributed by atoms with van der Waals surface area (Å²) in [7, 11) is 2.18. The molecule has 0 saturated carbocycles. The van der Waals surface area contributed by atoms with Gasteiger partial charge in [-0.2, -0.15) is 0 Å². The standard InChI is InChI=1S/C20H40O.C13H17O4P.C13H16O4/c1-5-6-7-8-9-10-11-12-13-14-15-16-17-18-19(21)20(2,3)4;14-12-6-7-13(17-12,10-16-18)9-15-8-11-4-2-1-3-5-11;14-9-13(7-6-12(15)17-13)10-16-8-11-4-2-1-3-5-11/h5-18H2,1-4H3;1-5H,6-10,18H2;1-5,14H,6-10H2. The van der Waals surface area contributed by atoms with Gasteiger partial charge in [-0.05, 0) is 17.5 Å². The molecule has 0 aromatic heterocycles. The lowest BCUT2D eigenvalue weighted by molar-refractivity contribution is -0.158. The van der Waals surface area contributed by atoms with Crippen LogP contribution in [0.15, 0.2) is 60.7 Å². The number of ketones is 1. The van der Waals surface area contributed by atoms with Crippen LogP contribution in [-0.4, -0.2) is 60.5 Å². The van der Waals surface area contributed by atoms with Crippen LogP contribution in [0.25, 0.3) is 0 Å². The number of benzene rings is 2. The number of rotatable bonds is 25. The Morgan fingerprint density at radius 1 is 0.661 bits per heavy atom. The molecule has 3 atom stereocenters. The molecule has 9 nitrogen and oxygen atoms in total. The highest BCUT2D eigenvalue weighted by Gasteiger charge is 2.41. The molecule has 0 spiro atoms. The second kappa shape index (κ2) is 28.7. The average Bonchev–Trinajstić information content (AvgIpc) is 3.76. The van der Waals surface area contributed by atoms with Crippen molar-refractivity contribution in [2.24, 2.45) is 5.41 Å². The molecule has 56 heavy (non-hydrogen) atoms. The van der Waals surface area contributed by atoms with Crippen LogP contribution in [-0.2, 0) is 51.1 Å². The zero-order chi connectivity index (χ0) is 41.0. The number of carbonyl (C=O) groups excluding carboxylic acids is 3. The number of ether oxygens (including phenoxy) is 4. The molecule has 2 aromatic rings. The highest BCUT2D eigenvalue weighted by Crippen LogP contribution is 2.29. The van der Waals surface area contributed by atoms with Gasteiger partial charge in [-0.3, -0.25) is 14.4 Å². The maximum Gasteiger partial charge on any atom is 0.306 e. The Morgan fingerprint density at radius 2 is 1.07 bits per heavy atom. The third kappa shape index (κ3) is 21.7.